The number of hydrogen-bond donors (Lipinski definition) is 2. The maximum Gasteiger partial charge on any atom is 1.00 e. The Bertz CT molecular complexity index is 2520. The number of fused-ring (bicyclic) bond motifs is 12. The standard InChI is InChI=1S/C28H38N2O2.C22H37NO3.C8H8N2.C4H9.3CH4.Li/c1-27(32)14-12-18-17(16-27)8-9-20-19(18)13-15-28(2)21(20)10-11-22(28)25(31)26-29-23-6-4-5-7-24(23)30(26)3;1-21(25)11-9-15-14(13-21)5-6-17-16(15)10-12-22(2)18(17)7-8-19(22)20(24)23(3)26-4;1-10-6-9-7-4-2-3-5-8(7)10;1-3-4-2;;;;/h4-7,17-22,32H,8-16H2,1-3H3;14-19,25H,5-13H2,1-4H3;2-6H,1H3;1,3-4H2,2H3;3*1H4;/q;;;-1;;;;+1/t17-,18+,19-,20-,21+,22-,27-,28+;14-,15+,16-,17-,18+,19-,21-,22+;;;;;;/m11....../s1. The molecule has 2 heterocycles. The van der Waals surface area contributed by atoms with E-state index in [1.807, 2.05) is 79.8 Å². The molecular formula is C65H104LiN5O5. The third-order valence-electron chi connectivity index (χ3n) is 21.7. The number of carbonyl (C=O) groups is 2. The van der Waals surface area contributed by atoms with Crippen molar-refractivity contribution in [1.82, 2.24) is 24.2 Å². The number of nitrogens with zero attached hydrogens (tertiary/aromatic N) is 5. The van der Waals surface area contributed by atoms with Gasteiger partial charge in [-0.2, -0.15) is 6.42 Å². The average molecular weight is 1040 g/mol. The maximum atomic E-state index is 13.8. The number of hydrogen-bond acceptors (Lipinski definition) is 7. The van der Waals surface area contributed by atoms with E-state index in [0.29, 0.717) is 23.6 Å². The Morgan fingerprint density at radius 1 is 0.658 bits per heavy atom. The summed E-state index contributed by atoms with van der Waals surface area (Å²) in [5.74, 6) is 8.97. The van der Waals surface area contributed by atoms with Crippen LogP contribution in [0.3, 0.4) is 0 Å². The SMILES string of the molecule is C.C.C.CON(C)C(=O)[C@H]1CC[C@H]2[C@@H]3CC[C@@H]4C[C@](C)(O)CC[C@@H]4[C@H]3CC[C@]12C.Cn1c(C(=O)[C@H]2CC[C@H]3[C@@H]4CC[C@@H]5C[C@](C)(O)CC[C@@H]5[C@H]4CC[C@]23C)nc2ccccc21.Cn1cnc2ccccc21.[CH2-]CCC.[Li+]. The molecule has 4 aromatic rings. The zero-order chi connectivity index (χ0) is 51.3. The summed E-state index contributed by atoms with van der Waals surface area (Å²) >= 11 is 0. The Kier molecular flexibility index (Phi) is 21.5. The quantitative estimate of drug-likeness (QED) is 0.0883. The van der Waals surface area contributed by atoms with E-state index < -0.39 is 11.2 Å². The first-order chi connectivity index (χ1) is 34.3. The number of para-hydroxylation sites is 4. The second-order valence-electron chi connectivity index (χ2n) is 25.8. The number of benzene rings is 2. The molecule has 8 aliphatic carbocycles. The zero-order valence-electron chi connectivity index (χ0n) is 46.8. The summed E-state index contributed by atoms with van der Waals surface area (Å²) in [7, 11) is 7.33. The van der Waals surface area contributed by atoms with Gasteiger partial charge in [0, 0.05) is 33.0 Å². The molecule has 11 heteroatoms. The Labute approximate surface area is 473 Å². The van der Waals surface area contributed by atoms with Crippen LogP contribution in [0, 0.1) is 88.8 Å². The zero-order valence-corrected chi connectivity index (χ0v) is 46.8. The summed E-state index contributed by atoms with van der Waals surface area (Å²) in [6.07, 6.45) is 25.0. The molecule has 76 heavy (non-hydrogen) atoms. The molecule has 0 unspecified atom stereocenters. The summed E-state index contributed by atoms with van der Waals surface area (Å²) in [5.41, 5.74) is 3.59. The van der Waals surface area contributed by atoms with E-state index >= 15 is 0 Å². The average Bonchev–Trinajstić information content (AvgIpc) is 4.13. The molecule has 1 amide bonds. The van der Waals surface area contributed by atoms with Gasteiger partial charge in [-0.1, -0.05) is 73.7 Å². The molecule has 420 valence electrons. The second kappa shape index (κ2) is 25.6. The van der Waals surface area contributed by atoms with Crippen LogP contribution in [0.5, 0.6) is 0 Å². The number of ketones is 1. The minimum Gasteiger partial charge on any atom is -0.390 e. The molecule has 0 aliphatic heterocycles. The van der Waals surface area contributed by atoms with Gasteiger partial charge < -0.3 is 26.3 Å². The van der Waals surface area contributed by atoms with E-state index in [1.54, 1.807) is 14.2 Å². The Morgan fingerprint density at radius 3 is 1.61 bits per heavy atom. The molecule has 8 aliphatic rings. The summed E-state index contributed by atoms with van der Waals surface area (Å²) in [5, 5.41) is 22.6. The van der Waals surface area contributed by atoms with Gasteiger partial charge >= 0.3 is 18.9 Å². The molecule has 16 atom stereocenters. The van der Waals surface area contributed by atoms with Crippen LogP contribution < -0.4 is 18.9 Å². The van der Waals surface area contributed by atoms with Crippen molar-refractivity contribution in [2.75, 3.05) is 14.2 Å². The third kappa shape index (κ3) is 12.2. The van der Waals surface area contributed by atoms with E-state index in [0.717, 1.165) is 103 Å². The topological polar surface area (TPSA) is 123 Å². The molecule has 2 aromatic heterocycles. The molecule has 10 nitrogen and oxygen atoms in total. The summed E-state index contributed by atoms with van der Waals surface area (Å²) < 4.78 is 4.02. The smallest absolute Gasteiger partial charge is 0.390 e. The van der Waals surface area contributed by atoms with Gasteiger partial charge in [0.1, 0.15) is 0 Å². The van der Waals surface area contributed by atoms with Crippen LogP contribution >= 0.6 is 0 Å². The normalized spacial score (nSPS) is 37.4. The van der Waals surface area contributed by atoms with Gasteiger partial charge in [-0.25, -0.2) is 15.0 Å². The van der Waals surface area contributed by atoms with Crippen molar-refractivity contribution in [3.63, 3.8) is 0 Å². The number of unbranched alkanes of at least 4 members (excludes halogenated alkanes) is 1. The molecule has 2 aromatic carbocycles. The first kappa shape index (κ1) is 63.8. The first-order valence-electron chi connectivity index (χ1n) is 28.7. The monoisotopic (exact) mass is 1040 g/mol. The fraction of sp³-hybridized carbons (Fsp3) is 0.738. The van der Waals surface area contributed by atoms with Gasteiger partial charge in [-0.05, 0) is 224 Å². The maximum absolute atomic E-state index is 13.8. The molecule has 0 bridgehead atoms. The van der Waals surface area contributed by atoms with Crippen LogP contribution in [0.1, 0.15) is 196 Å². The fourth-order valence-electron chi connectivity index (χ4n) is 17.9. The van der Waals surface area contributed by atoms with Crippen molar-refractivity contribution < 1.29 is 43.5 Å². The second-order valence-corrected chi connectivity index (χ2v) is 25.8. The van der Waals surface area contributed by atoms with E-state index in [-0.39, 0.29) is 75.5 Å². The van der Waals surface area contributed by atoms with Gasteiger partial charge in [-0.15, -0.1) is 0 Å². The van der Waals surface area contributed by atoms with Gasteiger partial charge in [-0.3, -0.25) is 14.4 Å². The summed E-state index contributed by atoms with van der Waals surface area (Å²) in [6.45, 7) is 14.6. The van der Waals surface area contributed by atoms with Gasteiger partial charge in [0.25, 0.3) is 0 Å². The largest absolute Gasteiger partial charge is 1.00 e. The molecule has 0 spiro atoms. The van der Waals surface area contributed by atoms with Gasteiger partial charge in [0.2, 0.25) is 11.7 Å². The number of amides is 1. The Hall–Kier alpha value is -3.00. The molecule has 0 saturated heterocycles. The number of aliphatic hydroxyl groups is 2. The van der Waals surface area contributed by atoms with Crippen molar-refractivity contribution >= 4 is 33.8 Å². The van der Waals surface area contributed by atoms with Crippen LogP contribution in [0.4, 0.5) is 0 Å². The predicted octanol–water partition coefficient (Wildman–Crippen LogP) is 11.9. The first-order valence-corrected chi connectivity index (χ1v) is 28.7. The minimum absolute atomic E-state index is 0. The van der Waals surface area contributed by atoms with E-state index in [9.17, 15) is 19.8 Å². The third-order valence-corrected chi connectivity index (χ3v) is 21.7. The molecule has 12 rings (SSSR count). The van der Waals surface area contributed by atoms with Crippen molar-refractivity contribution in [1.29, 1.82) is 0 Å². The number of aryl methyl sites for hydroxylation is 2. The predicted molar refractivity (Wildman–Crippen MR) is 308 cm³/mol. The Balaban J connectivity index is 0.000000217. The van der Waals surface area contributed by atoms with Crippen LogP contribution in [-0.4, -0.2) is 71.4 Å². The van der Waals surface area contributed by atoms with Crippen molar-refractivity contribution in [2.24, 2.45) is 95.9 Å². The van der Waals surface area contributed by atoms with Crippen LogP contribution in [0.15, 0.2) is 54.9 Å². The minimum atomic E-state index is -0.451. The number of aromatic nitrogens is 4. The van der Waals surface area contributed by atoms with Crippen molar-refractivity contribution in [3.8, 4) is 0 Å². The fourth-order valence-corrected chi connectivity index (χ4v) is 17.9. The number of imidazole rings is 2. The molecule has 8 saturated carbocycles. The van der Waals surface area contributed by atoms with Crippen LogP contribution in [0.2, 0.25) is 0 Å². The molecule has 2 N–H and O–H groups in total. The molecule has 8 fully saturated rings. The van der Waals surface area contributed by atoms with Crippen molar-refractivity contribution in [3.05, 3.63) is 67.6 Å². The molecular weight excluding hydrogens is 938 g/mol. The number of rotatable bonds is 5. The van der Waals surface area contributed by atoms with Crippen molar-refractivity contribution in [2.45, 2.75) is 197 Å². The van der Waals surface area contributed by atoms with Gasteiger partial charge in [0.15, 0.2) is 5.82 Å². The molecule has 0 radical (unpaired) electrons. The Morgan fingerprint density at radius 2 is 1.12 bits per heavy atom. The van der Waals surface area contributed by atoms with E-state index in [1.165, 1.54) is 94.1 Å². The van der Waals surface area contributed by atoms with Gasteiger partial charge in [0.05, 0.1) is 46.7 Å². The number of carbonyl (C=O) groups excluding carboxylic acids is 2. The summed E-state index contributed by atoms with van der Waals surface area (Å²) in [4.78, 5) is 40.9. The summed E-state index contributed by atoms with van der Waals surface area (Å²) in [6, 6.07) is 16.2. The van der Waals surface area contributed by atoms with Crippen LogP contribution in [0.25, 0.3) is 22.1 Å². The van der Waals surface area contributed by atoms with E-state index in [4.69, 9.17) is 9.82 Å². The van der Waals surface area contributed by atoms with E-state index in [2.05, 4.69) is 44.8 Å². The number of Topliss-reactive ketones (excluding diaryl/α,β-unsaturated/α-hetero) is 1. The number of hydroxylamine groups is 2. The van der Waals surface area contributed by atoms with Crippen LogP contribution in [-0.2, 0) is 23.7 Å².